The number of fused-ring (bicyclic) bond motifs is 4. The summed E-state index contributed by atoms with van der Waals surface area (Å²) in [4.78, 5) is 2.47. The van der Waals surface area contributed by atoms with Crippen LogP contribution in [0.25, 0.3) is 16.8 Å². The van der Waals surface area contributed by atoms with E-state index in [1.807, 2.05) is 6.20 Å². The van der Waals surface area contributed by atoms with Crippen LogP contribution in [-0.2, 0) is 18.3 Å². The lowest BCUT2D eigenvalue weighted by molar-refractivity contribution is 0.170. The molecule has 4 aromatic rings. The molecule has 2 aromatic carbocycles. The molecule has 184 valence electrons. The van der Waals surface area contributed by atoms with Gasteiger partial charge in [0, 0.05) is 35.5 Å². The molecule has 0 radical (unpaired) electrons. The molecule has 7 rings (SSSR count). The van der Waals surface area contributed by atoms with Crippen LogP contribution in [0.2, 0.25) is 0 Å². The van der Waals surface area contributed by atoms with Gasteiger partial charge in [0.25, 0.3) is 0 Å². The predicted molar refractivity (Wildman–Crippen MR) is 143 cm³/mol. The first-order chi connectivity index (χ1) is 17.5. The van der Waals surface area contributed by atoms with Crippen molar-refractivity contribution < 1.29 is 4.52 Å². The Kier molecular flexibility index (Phi) is 4.92. The molecule has 0 bridgehead atoms. The summed E-state index contributed by atoms with van der Waals surface area (Å²) in [6, 6.07) is 20.2. The maximum atomic E-state index is 5.74. The van der Waals surface area contributed by atoms with Gasteiger partial charge in [-0.25, -0.2) is 4.68 Å². The third kappa shape index (κ3) is 3.14. The second-order valence-electron chi connectivity index (χ2n) is 11.4. The van der Waals surface area contributed by atoms with Gasteiger partial charge in [-0.05, 0) is 67.7 Å². The minimum atomic E-state index is -0.0185. The van der Waals surface area contributed by atoms with Gasteiger partial charge in [-0.1, -0.05) is 61.5 Å². The van der Waals surface area contributed by atoms with Crippen LogP contribution in [0, 0.1) is 5.92 Å². The van der Waals surface area contributed by atoms with E-state index in [4.69, 9.17) is 9.62 Å². The normalized spacial score (nSPS) is 25.0. The molecule has 5 heteroatoms. The van der Waals surface area contributed by atoms with Crippen molar-refractivity contribution in [2.24, 2.45) is 5.92 Å². The Hall–Kier alpha value is -3.34. The van der Waals surface area contributed by atoms with E-state index in [-0.39, 0.29) is 5.41 Å². The van der Waals surface area contributed by atoms with E-state index in [1.165, 1.54) is 53.0 Å². The molecule has 2 aromatic heterocycles. The van der Waals surface area contributed by atoms with Crippen molar-refractivity contribution in [3.8, 4) is 16.8 Å². The molecule has 1 fully saturated rings. The highest BCUT2D eigenvalue weighted by Gasteiger charge is 2.52. The largest absolute Gasteiger partial charge is 0.361 e. The van der Waals surface area contributed by atoms with E-state index in [0.29, 0.717) is 17.9 Å². The number of nitrogens with zero attached hydrogens (tertiary/aromatic N) is 4. The first-order valence-corrected chi connectivity index (χ1v) is 13.5. The number of rotatable bonds is 4. The van der Waals surface area contributed by atoms with Gasteiger partial charge in [-0.2, -0.15) is 0 Å². The van der Waals surface area contributed by atoms with Crippen LogP contribution in [-0.4, -0.2) is 28.0 Å². The van der Waals surface area contributed by atoms with Gasteiger partial charge >= 0.3 is 0 Å². The lowest BCUT2D eigenvalue weighted by Gasteiger charge is -2.47. The van der Waals surface area contributed by atoms with Gasteiger partial charge in [-0.15, -0.1) is 5.10 Å². The second kappa shape index (κ2) is 8.09. The smallest absolute Gasteiger partial charge is 0.154 e. The van der Waals surface area contributed by atoms with E-state index in [9.17, 15) is 0 Å². The lowest BCUT2D eigenvalue weighted by atomic mass is 9.56. The monoisotopic (exact) mass is 478 g/mol. The number of anilines is 1. The fraction of sp³-hybridized carbons (Fsp3) is 0.419. The molecule has 3 aliphatic rings. The molecule has 3 atom stereocenters. The topological polar surface area (TPSA) is 47.1 Å². The van der Waals surface area contributed by atoms with Crippen molar-refractivity contribution in [3.05, 3.63) is 83.4 Å². The van der Waals surface area contributed by atoms with Crippen LogP contribution in [0.4, 0.5) is 5.82 Å². The van der Waals surface area contributed by atoms with Crippen molar-refractivity contribution >= 4 is 5.82 Å². The van der Waals surface area contributed by atoms with Gasteiger partial charge in [0.05, 0.1) is 17.6 Å². The Morgan fingerprint density at radius 2 is 1.75 bits per heavy atom. The summed E-state index contributed by atoms with van der Waals surface area (Å²) >= 11 is 0. The van der Waals surface area contributed by atoms with Crippen LogP contribution in [0.3, 0.4) is 0 Å². The number of aromatic nitrogens is 3. The third-order valence-electron chi connectivity index (χ3n) is 9.45. The lowest BCUT2D eigenvalue weighted by Crippen LogP contribution is -2.45. The van der Waals surface area contributed by atoms with E-state index in [1.54, 1.807) is 0 Å². The average molecular weight is 479 g/mol. The minimum Gasteiger partial charge on any atom is -0.361 e. The van der Waals surface area contributed by atoms with Gasteiger partial charge in [0.1, 0.15) is 5.76 Å². The molecule has 0 spiro atoms. The zero-order valence-electron chi connectivity index (χ0n) is 21.4. The fourth-order valence-corrected chi connectivity index (χ4v) is 7.26. The van der Waals surface area contributed by atoms with Crippen LogP contribution >= 0.6 is 0 Å². The van der Waals surface area contributed by atoms with Crippen LogP contribution in [0.1, 0.15) is 68.0 Å². The zero-order chi connectivity index (χ0) is 24.4. The molecule has 0 aliphatic heterocycles. The summed E-state index contributed by atoms with van der Waals surface area (Å²) in [7, 11) is 2.26. The van der Waals surface area contributed by atoms with E-state index in [0.717, 1.165) is 30.7 Å². The number of hydrogen-bond acceptors (Lipinski definition) is 4. The molecule has 0 N–H and O–H groups in total. The Balaban J connectivity index is 1.38. The highest BCUT2D eigenvalue weighted by atomic mass is 16.5. The van der Waals surface area contributed by atoms with Gasteiger partial charge in [0.2, 0.25) is 0 Å². The van der Waals surface area contributed by atoms with Crippen molar-refractivity contribution in [1.29, 1.82) is 0 Å². The summed E-state index contributed by atoms with van der Waals surface area (Å²) in [5, 5.41) is 9.56. The summed E-state index contributed by atoms with van der Waals surface area (Å²) < 4.78 is 8.02. The Bertz CT molecular complexity index is 1400. The second-order valence-corrected chi connectivity index (χ2v) is 11.4. The molecular weight excluding hydrogens is 444 g/mol. The molecule has 0 unspecified atom stereocenters. The molecule has 36 heavy (non-hydrogen) atoms. The first kappa shape index (κ1) is 21.9. The van der Waals surface area contributed by atoms with Crippen molar-refractivity contribution in [3.63, 3.8) is 0 Å². The van der Waals surface area contributed by atoms with Gasteiger partial charge < -0.3 is 9.42 Å². The Labute approximate surface area is 213 Å². The predicted octanol–water partition coefficient (Wildman–Crippen LogP) is 6.70. The minimum absolute atomic E-state index is 0.0185. The fourth-order valence-electron chi connectivity index (χ4n) is 7.26. The van der Waals surface area contributed by atoms with Crippen LogP contribution in [0.5, 0.6) is 0 Å². The molecule has 0 saturated heterocycles. The quantitative estimate of drug-likeness (QED) is 0.328. The third-order valence-corrected chi connectivity index (χ3v) is 9.45. The van der Waals surface area contributed by atoms with E-state index in [2.05, 4.69) is 90.2 Å². The van der Waals surface area contributed by atoms with Gasteiger partial charge in [-0.3, -0.25) is 0 Å². The summed E-state index contributed by atoms with van der Waals surface area (Å²) in [6.45, 7) is 4.79. The highest BCUT2D eigenvalue weighted by Crippen LogP contribution is 2.55. The zero-order valence-corrected chi connectivity index (χ0v) is 21.4. The van der Waals surface area contributed by atoms with Gasteiger partial charge in [0.15, 0.2) is 5.82 Å². The maximum absolute atomic E-state index is 5.74. The number of benzene rings is 2. The Morgan fingerprint density at radius 1 is 1.00 bits per heavy atom. The first-order valence-electron chi connectivity index (χ1n) is 13.5. The van der Waals surface area contributed by atoms with Crippen LogP contribution < -0.4 is 4.90 Å². The molecule has 0 amide bonds. The maximum Gasteiger partial charge on any atom is 0.154 e. The molecule has 3 aliphatic carbocycles. The van der Waals surface area contributed by atoms with Crippen molar-refractivity contribution in [1.82, 2.24) is 14.9 Å². The SMILES string of the molecule is C[C@H]1c2oncc2C[C@@]2(C)c3c(c(N(C)C4CCC4)nn3-c3ccc(-c4ccccc4)cc3)CC[C@H]12. The molecule has 1 saturated carbocycles. The molecule has 2 heterocycles. The van der Waals surface area contributed by atoms with E-state index < -0.39 is 0 Å². The standard InChI is InChI=1S/C31H34N4O/c1-20-27-17-16-26-29(31(27,2)18-23-19-32-36-28(20)23)35(33-30(26)34(3)24-10-7-11-24)25-14-12-22(13-15-25)21-8-5-4-6-9-21/h4-6,8-9,12-15,19-20,24,27H,7,10-11,16-18H2,1-3H3/t20-,27-,31-/m1/s1. The van der Waals surface area contributed by atoms with Crippen LogP contribution in [0.15, 0.2) is 65.3 Å². The van der Waals surface area contributed by atoms with Crippen molar-refractivity contribution in [2.45, 2.75) is 69.7 Å². The van der Waals surface area contributed by atoms with Crippen molar-refractivity contribution in [2.75, 3.05) is 11.9 Å². The summed E-state index contributed by atoms with van der Waals surface area (Å²) in [6.07, 6.45) is 8.99. The average Bonchev–Trinajstić information content (AvgIpc) is 3.49. The number of hydrogen-bond donors (Lipinski definition) is 0. The summed E-state index contributed by atoms with van der Waals surface area (Å²) in [5.74, 6) is 3.13. The Morgan fingerprint density at radius 3 is 2.47 bits per heavy atom. The van der Waals surface area contributed by atoms with E-state index >= 15 is 0 Å². The molecule has 5 nitrogen and oxygen atoms in total. The highest BCUT2D eigenvalue weighted by molar-refractivity contribution is 5.65. The summed E-state index contributed by atoms with van der Waals surface area (Å²) in [5.41, 5.74) is 7.70. The molecular formula is C31H34N4O.